The largest absolute Gasteiger partial charge is 0.370 e. The molecule has 212 valence electrons. The number of aromatic nitrogens is 1. The highest BCUT2D eigenvalue weighted by molar-refractivity contribution is 6.32. The Balaban J connectivity index is 1.43. The van der Waals surface area contributed by atoms with E-state index < -0.39 is 11.6 Å². The van der Waals surface area contributed by atoms with Crippen LogP contribution in [-0.4, -0.2) is 48.5 Å². The van der Waals surface area contributed by atoms with Crippen molar-refractivity contribution >= 4 is 34.1 Å². The van der Waals surface area contributed by atoms with Gasteiger partial charge in [-0.25, -0.2) is 8.78 Å². The molecule has 1 fully saturated rings. The van der Waals surface area contributed by atoms with Crippen LogP contribution in [0.3, 0.4) is 0 Å². The van der Waals surface area contributed by atoms with Gasteiger partial charge >= 0.3 is 0 Å². The van der Waals surface area contributed by atoms with E-state index >= 15 is 0 Å². The van der Waals surface area contributed by atoms with Crippen LogP contribution in [0.1, 0.15) is 63.0 Å². The van der Waals surface area contributed by atoms with Gasteiger partial charge in [0.1, 0.15) is 5.69 Å². The van der Waals surface area contributed by atoms with E-state index in [2.05, 4.69) is 42.9 Å². The summed E-state index contributed by atoms with van der Waals surface area (Å²) < 4.78 is 26.6. The van der Waals surface area contributed by atoms with Crippen LogP contribution in [0.5, 0.6) is 0 Å². The van der Waals surface area contributed by atoms with Crippen LogP contribution < -0.4 is 10.2 Å². The van der Waals surface area contributed by atoms with Gasteiger partial charge in [0.15, 0.2) is 11.6 Å². The summed E-state index contributed by atoms with van der Waals surface area (Å²) in [5, 5.41) is 4.94. The molecule has 1 amide bonds. The number of aromatic amines is 1. The fourth-order valence-corrected chi connectivity index (χ4v) is 5.38. The Morgan fingerprint density at radius 3 is 2.46 bits per heavy atom. The van der Waals surface area contributed by atoms with E-state index in [0.29, 0.717) is 60.2 Å². The highest BCUT2D eigenvalue weighted by Crippen LogP contribution is 2.33. The van der Waals surface area contributed by atoms with Gasteiger partial charge in [0.05, 0.1) is 11.2 Å². The van der Waals surface area contributed by atoms with Gasteiger partial charge in [-0.1, -0.05) is 45.4 Å². The van der Waals surface area contributed by atoms with Crippen LogP contribution in [0, 0.1) is 29.4 Å². The Morgan fingerprint density at radius 2 is 1.79 bits per heavy atom. The van der Waals surface area contributed by atoms with E-state index in [1.54, 1.807) is 6.07 Å². The molecule has 0 bridgehead atoms. The maximum absolute atomic E-state index is 13.5. The number of amides is 1. The maximum Gasteiger partial charge on any atom is 0.270 e. The molecule has 2 aromatic carbocycles. The molecule has 1 aromatic heterocycles. The number of carbonyl (C=O) groups is 1. The minimum Gasteiger partial charge on any atom is -0.370 e. The summed E-state index contributed by atoms with van der Waals surface area (Å²) in [4.78, 5) is 21.2. The molecule has 1 aliphatic rings. The monoisotopic (exact) mass is 558 g/mol. The molecule has 2 N–H and O–H groups in total. The molecule has 3 aromatic rings. The van der Waals surface area contributed by atoms with E-state index in [1.807, 2.05) is 23.1 Å². The lowest BCUT2D eigenvalue weighted by molar-refractivity contribution is 0.0782. The van der Waals surface area contributed by atoms with Crippen molar-refractivity contribution in [3.63, 3.8) is 0 Å². The first-order valence-corrected chi connectivity index (χ1v) is 14.5. The first kappa shape index (κ1) is 29.3. The predicted octanol–water partition coefficient (Wildman–Crippen LogP) is 7.25. The van der Waals surface area contributed by atoms with Crippen molar-refractivity contribution in [2.45, 2.75) is 53.5 Å². The number of H-pyrrole nitrogens is 1. The van der Waals surface area contributed by atoms with Crippen molar-refractivity contribution in [1.29, 1.82) is 0 Å². The fraction of sp³-hybridized carbons (Fsp3) is 0.516. The molecule has 0 radical (unpaired) electrons. The quantitative estimate of drug-likeness (QED) is 0.246. The van der Waals surface area contributed by atoms with Crippen molar-refractivity contribution in [2.24, 2.45) is 17.8 Å². The van der Waals surface area contributed by atoms with Crippen LogP contribution in [0.25, 0.3) is 10.9 Å². The molecule has 8 heteroatoms. The second-order valence-corrected chi connectivity index (χ2v) is 12.1. The van der Waals surface area contributed by atoms with Gasteiger partial charge in [-0.05, 0) is 72.9 Å². The molecular weight excluding hydrogens is 518 g/mol. The van der Waals surface area contributed by atoms with Crippen molar-refractivity contribution in [3.05, 3.63) is 64.3 Å². The topological polar surface area (TPSA) is 51.4 Å². The van der Waals surface area contributed by atoms with Crippen molar-refractivity contribution in [1.82, 2.24) is 15.2 Å². The van der Waals surface area contributed by atoms with Gasteiger partial charge in [-0.15, -0.1) is 0 Å². The van der Waals surface area contributed by atoms with Crippen LogP contribution in [0.15, 0.2) is 36.4 Å². The summed E-state index contributed by atoms with van der Waals surface area (Å²) >= 11 is 6.56. The highest BCUT2D eigenvalue weighted by atomic mass is 35.5. The van der Waals surface area contributed by atoms with Gasteiger partial charge in [0, 0.05) is 49.7 Å². The fourth-order valence-electron chi connectivity index (χ4n) is 5.16. The number of likely N-dealkylation sites (tertiary alicyclic amines) is 1. The smallest absolute Gasteiger partial charge is 0.270 e. The minimum absolute atomic E-state index is 0.00714. The summed E-state index contributed by atoms with van der Waals surface area (Å²) in [6.07, 6.45) is 3.06. The third kappa shape index (κ3) is 7.73. The van der Waals surface area contributed by atoms with E-state index in [1.165, 1.54) is 6.07 Å². The number of hydrogen-bond acceptors (Lipinski definition) is 3. The van der Waals surface area contributed by atoms with E-state index in [9.17, 15) is 13.6 Å². The number of hydrogen-bond donors (Lipinski definition) is 2. The minimum atomic E-state index is -0.839. The molecule has 4 rings (SSSR count). The van der Waals surface area contributed by atoms with Gasteiger partial charge < -0.3 is 20.1 Å². The number of halogens is 3. The standard InChI is InChI=1S/C31H41ClF2N4O/c1-20(2)7-10-37(11-8-21(3)4)29-16-25(32)14-24-15-28(36-30(24)29)31(39)38-12-9-23(19-38)18-35-17-22-5-6-26(33)27(34)13-22/h5-6,13-16,20-21,23,35-36H,7-12,17-19H2,1-4H3. The SMILES string of the molecule is CC(C)CCN(CCC(C)C)c1cc(Cl)cc2cc(C(=O)N3CCC(CNCc4ccc(F)c(F)c4)C3)[nH]c12. The lowest BCUT2D eigenvalue weighted by atomic mass is 10.1. The van der Waals surface area contributed by atoms with Crippen LogP contribution in [-0.2, 0) is 6.54 Å². The Kier molecular flexibility index (Phi) is 9.89. The van der Waals surface area contributed by atoms with E-state index in [4.69, 9.17) is 11.6 Å². The molecule has 2 heterocycles. The van der Waals surface area contributed by atoms with E-state index in [-0.39, 0.29) is 5.91 Å². The molecule has 1 aliphatic heterocycles. The summed E-state index contributed by atoms with van der Waals surface area (Å²) in [7, 11) is 0. The Labute approximate surface area is 235 Å². The first-order valence-electron chi connectivity index (χ1n) is 14.1. The summed E-state index contributed by atoms with van der Waals surface area (Å²) in [5.41, 5.74) is 3.29. The Hall–Kier alpha value is -2.64. The molecule has 1 saturated heterocycles. The van der Waals surface area contributed by atoms with Crippen molar-refractivity contribution < 1.29 is 13.6 Å². The third-order valence-corrected chi connectivity index (χ3v) is 7.73. The zero-order chi connectivity index (χ0) is 28.1. The lowest BCUT2D eigenvalue weighted by Crippen LogP contribution is -2.31. The maximum atomic E-state index is 13.5. The number of anilines is 1. The average molecular weight is 559 g/mol. The second kappa shape index (κ2) is 13.1. The lowest BCUT2D eigenvalue weighted by Gasteiger charge is -2.27. The zero-order valence-corrected chi connectivity index (χ0v) is 24.3. The Bertz CT molecular complexity index is 1260. The van der Waals surface area contributed by atoms with Gasteiger partial charge in [0.25, 0.3) is 5.91 Å². The molecule has 39 heavy (non-hydrogen) atoms. The van der Waals surface area contributed by atoms with Crippen molar-refractivity contribution in [3.8, 4) is 0 Å². The summed E-state index contributed by atoms with van der Waals surface area (Å²) in [6.45, 7) is 13.3. The molecule has 1 unspecified atom stereocenters. The molecule has 1 atom stereocenters. The van der Waals surface area contributed by atoms with Crippen LogP contribution >= 0.6 is 11.6 Å². The second-order valence-electron chi connectivity index (χ2n) is 11.7. The molecular formula is C31H41ClF2N4O. The zero-order valence-electron chi connectivity index (χ0n) is 23.5. The molecule has 0 spiro atoms. The highest BCUT2D eigenvalue weighted by Gasteiger charge is 2.28. The first-order chi connectivity index (χ1) is 18.6. The normalized spacial score (nSPS) is 15.7. The average Bonchev–Trinajstić information content (AvgIpc) is 3.52. The molecule has 0 aliphatic carbocycles. The number of carbonyl (C=O) groups excluding carboxylic acids is 1. The van der Waals surface area contributed by atoms with Gasteiger partial charge in [-0.3, -0.25) is 4.79 Å². The number of rotatable bonds is 12. The number of fused-ring (bicyclic) bond motifs is 1. The number of benzene rings is 2. The predicted molar refractivity (Wildman–Crippen MR) is 157 cm³/mol. The van der Waals surface area contributed by atoms with Gasteiger partial charge in [0.2, 0.25) is 0 Å². The summed E-state index contributed by atoms with van der Waals surface area (Å²) in [5.74, 6) is -0.192. The number of nitrogens with zero attached hydrogens (tertiary/aromatic N) is 2. The van der Waals surface area contributed by atoms with Crippen molar-refractivity contribution in [2.75, 3.05) is 37.6 Å². The van der Waals surface area contributed by atoms with E-state index in [0.717, 1.165) is 55.0 Å². The Morgan fingerprint density at radius 1 is 1.08 bits per heavy atom. The molecule has 5 nitrogen and oxygen atoms in total. The number of nitrogens with one attached hydrogen (secondary N) is 2. The summed E-state index contributed by atoms with van der Waals surface area (Å²) in [6, 6.07) is 9.81. The third-order valence-electron chi connectivity index (χ3n) is 7.52. The van der Waals surface area contributed by atoms with Gasteiger partial charge in [-0.2, -0.15) is 0 Å². The van der Waals surface area contributed by atoms with Crippen LogP contribution in [0.4, 0.5) is 14.5 Å². The van der Waals surface area contributed by atoms with Crippen LogP contribution in [0.2, 0.25) is 5.02 Å². The molecule has 0 saturated carbocycles.